The van der Waals surface area contributed by atoms with Crippen LogP contribution in [0.25, 0.3) is 0 Å². The largest absolute Gasteiger partial charge is 0.395 e. The van der Waals surface area contributed by atoms with Crippen molar-refractivity contribution in [3.05, 3.63) is 34.9 Å². The van der Waals surface area contributed by atoms with Crippen LogP contribution in [0.3, 0.4) is 0 Å². The molecule has 2 fully saturated rings. The Hall–Kier alpha value is -0.570. The molecule has 2 saturated carbocycles. The van der Waals surface area contributed by atoms with Crippen molar-refractivity contribution >= 4 is 11.6 Å². The molecule has 2 N–H and O–H groups in total. The highest BCUT2D eigenvalue weighted by molar-refractivity contribution is 6.31. The van der Waals surface area contributed by atoms with Gasteiger partial charge in [0.05, 0.1) is 13.2 Å². The molecule has 0 spiro atoms. The molecule has 2 nitrogen and oxygen atoms in total. The predicted octanol–water partition coefficient (Wildman–Crippen LogP) is 3.39. The number of fused-ring (bicyclic) bond motifs is 2. The second-order valence-electron chi connectivity index (χ2n) is 6.72. The first-order chi connectivity index (χ1) is 9.68. The molecule has 2 aliphatic carbocycles. The van der Waals surface area contributed by atoms with E-state index < -0.39 is 5.41 Å². The second kappa shape index (κ2) is 5.67. The smallest absolute Gasteiger partial charge is 0.0550 e. The Labute approximate surface area is 125 Å². The molecule has 0 aliphatic heterocycles. The Kier molecular flexibility index (Phi) is 4.07. The summed E-state index contributed by atoms with van der Waals surface area (Å²) in [4.78, 5) is 0. The van der Waals surface area contributed by atoms with Gasteiger partial charge in [-0.2, -0.15) is 0 Å². The molecule has 3 atom stereocenters. The number of halogens is 1. The van der Waals surface area contributed by atoms with E-state index in [0.29, 0.717) is 10.9 Å². The summed E-state index contributed by atoms with van der Waals surface area (Å²) in [6, 6.07) is 7.62. The molecule has 3 heteroatoms. The van der Waals surface area contributed by atoms with Gasteiger partial charge in [0.25, 0.3) is 0 Å². The van der Waals surface area contributed by atoms with Gasteiger partial charge in [0.1, 0.15) is 0 Å². The highest BCUT2D eigenvalue weighted by atomic mass is 35.5. The lowest BCUT2D eigenvalue weighted by Gasteiger charge is -2.36. The van der Waals surface area contributed by atoms with Gasteiger partial charge >= 0.3 is 0 Å². The van der Waals surface area contributed by atoms with Gasteiger partial charge in [0, 0.05) is 10.4 Å². The van der Waals surface area contributed by atoms with Crippen molar-refractivity contribution in [3.63, 3.8) is 0 Å². The van der Waals surface area contributed by atoms with E-state index in [9.17, 15) is 10.2 Å². The minimum absolute atomic E-state index is 0.0406. The fourth-order valence-corrected chi connectivity index (χ4v) is 4.82. The molecule has 20 heavy (non-hydrogen) atoms. The molecule has 0 amide bonds. The normalized spacial score (nSPS) is 29.1. The lowest BCUT2D eigenvalue weighted by molar-refractivity contribution is 0.0848. The van der Waals surface area contributed by atoms with E-state index in [1.807, 2.05) is 24.3 Å². The molecule has 0 heterocycles. The third-order valence-electron chi connectivity index (χ3n) is 5.59. The first-order valence-corrected chi connectivity index (χ1v) is 8.03. The minimum Gasteiger partial charge on any atom is -0.395 e. The molecule has 2 aliphatic rings. The monoisotopic (exact) mass is 294 g/mol. The van der Waals surface area contributed by atoms with Crippen molar-refractivity contribution < 1.29 is 10.2 Å². The second-order valence-corrected chi connectivity index (χ2v) is 7.12. The number of aliphatic hydroxyl groups is 2. The van der Waals surface area contributed by atoms with Gasteiger partial charge in [0.15, 0.2) is 0 Å². The van der Waals surface area contributed by atoms with Gasteiger partial charge < -0.3 is 10.2 Å². The standard InChI is InChI=1S/C17H23ClO2/c18-16-4-2-1-3-15(16)17(10-19,11-20)9-14-8-12-5-6-13(14)7-12/h1-4,12-14,19-20H,5-11H2. The maximum absolute atomic E-state index is 9.97. The van der Waals surface area contributed by atoms with E-state index in [-0.39, 0.29) is 13.2 Å². The predicted molar refractivity (Wildman–Crippen MR) is 80.9 cm³/mol. The van der Waals surface area contributed by atoms with E-state index in [0.717, 1.165) is 23.8 Å². The quantitative estimate of drug-likeness (QED) is 0.874. The first-order valence-electron chi connectivity index (χ1n) is 7.65. The van der Waals surface area contributed by atoms with E-state index >= 15 is 0 Å². The molecular weight excluding hydrogens is 272 g/mol. The van der Waals surface area contributed by atoms with Crippen molar-refractivity contribution in [1.29, 1.82) is 0 Å². The Morgan fingerprint density at radius 1 is 1.10 bits per heavy atom. The Balaban J connectivity index is 1.86. The van der Waals surface area contributed by atoms with Crippen LogP contribution in [0.15, 0.2) is 24.3 Å². The average Bonchev–Trinajstić information content (AvgIpc) is 3.08. The summed E-state index contributed by atoms with van der Waals surface area (Å²) in [6.07, 6.45) is 6.16. The molecule has 3 rings (SSSR count). The van der Waals surface area contributed by atoms with Crippen LogP contribution in [0.1, 0.15) is 37.7 Å². The Morgan fingerprint density at radius 3 is 2.40 bits per heavy atom. The van der Waals surface area contributed by atoms with Crippen molar-refractivity contribution in [1.82, 2.24) is 0 Å². The summed E-state index contributed by atoms with van der Waals surface area (Å²) in [5.41, 5.74) is 0.308. The molecule has 3 unspecified atom stereocenters. The number of hydrogen-bond acceptors (Lipinski definition) is 2. The zero-order valence-corrected chi connectivity index (χ0v) is 12.5. The van der Waals surface area contributed by atoms with E-state index in [2.05, 4.69) is 0 Å². The lowest BCUT2D eigenvalue weighted by Crippen LogP contribution is -2.38. The number of rotatable bonds is 5. The summed E-state index contributed by atoms with van der Waals surface area (Å²) in [5, 5.41) is 20.6. The average molecular weight is 295 g/mol. The third kappa shape index (κ3) is 2.38. The Bertz CT molecular complexity index is 470. The van der Waals surface area contributed by atoms with Crippen LogP contribution in [-0.4, -0.2) is 23.4 Å². The number of aliphatic hydroxyl groups excluding tert-OH is 2. The third-order valence-corrected chi connectivity index (χ3v) is 5.92. The molecule has 2 bridgehead atoms. The van der Waals surface area contributed by atoms with Crippen molar-refractivity contribution in [2.75, 3.05) is 13.2 Å². The summed E-state index contributed by atoms with van der Waals surface area (Å²) >= 11 is 6.31. The van der Waals surface area contributed by atoms with Crippen molar-refractivity contribution in [2.45, 2.75) is 37.5 Å². The summed E-state index contributed by atoms with van der Waals surface area (Å²) in [5.74, 6) is 2.30. The van der Waals surface area contributed by atoms with E-state index in [1.54, 1.807) is 0 Å². The molecule has 0 aromatic heterocycles. The molecule has 1 aromatic carbocycles. The summed E-state index contributed by atoms with van der Waals surface area (Å²) in [7, 11) is 0. The molecule has 1 aromatic rings. The topological polar surface area (TPSA) is 40.5 Å². The van der Waals surface area contributed by atoms with Gasteiger partial charge in [-0.05, 0) is 55.1 Å². The highest BCUT2D eigenvalue weighted by Gasteiger charge is 2.44. The van der Waals surface area contributed by atoms with Crippen LogP contribution >= 0.6 is 11.6 Å². The van der Waals surface area contributed by atoms with Gasteiger partial charge in [-0.3, -0.25) is 0 Å². The molecule has 0 radical (unpaired) electrons. The van der Waals surface area contributed by atoms with Crippen LogP contribution in [0.2, 0.25) is 5.02 Å². The van der Waals surface area contributed by atoms with Gasteiger partial charge in [-0.15, -0.1) is 0 Å². The SMILES string of the molecule is OCC(CO)(CC1CC2CCC1C2)c1ccccc1Cl. The van der Waals surface area contributed by atoms with E-state index in [4.69, 9.17) is 11.6 Å². The molecular formula is C17H23ClO2. The van der Waals surface area contributed by atoms with Crippen LogP contribution in [-0.2, 0) is 5.41 Å². The molecule has 0 saturated heterocycles. The highest BCUT2D eigenvalue weighted by Crippen LogP contribution is 2.52. The minimum atomic E-state index is -0.590. The first kappa shape index (κ1) is 14.4. The zero-order chi connectivity index (χ0) is 14.2. The van der Waals surface area contributed by atoms with Crippen LogP contribution in [0, 0.1) is 17.8 Å². The van der Waals surface area contributed by atoms with Crippen LogP contribution in [0.5, 0.6) is 0 Å². The number of hydrogen-bond donors (Lipinski definition) is 2. The maximum Gasteiger partial charge on any atom is 0.0550 e. The van der Waals surface area contributed by atoms with Gasteiger partial charge in [-0.25, -0.2) is 0 Å². The number of benzene rings is 1. The van der Waals surface area contributed by atoms with Gasteiger partial charge in [-0.1, -0.05) is 36.2 Å². The fourth-order valence-electron chi connectivity index (χ4n) is 4.48. The maximum atomic E-state index is 9.97. The van der Waals surface area contributed by atoms with Crippen molar-refractivity contribution in [2.24, 2.45) is 17.8 Å². The lowest BCUT2D eigenvalue weighted by atomic mass is 9.71. The zero-order valence-electron chi connectivity index (χ0n) is 11.8. The van der Waals surface area contributed by atoms with Crippen molar-refractivity contribution in [3.8, 4) is 0 Å². The van der Waals surface area contributed by atoms with Crippen LogP contribution < -0.4 is 0 Å². The summed E-state index contributed by atoms with van der Waals surface area (Å²) < 4.78 is 0. The van der Waals surface area contributed by atoms with Gasteiger partial charge in [0.2, 0.25) is 0 Å². The Morgan fingerprint density at radius 2 is 1.85 bits per heavy atom. The van der Waals surface area contributed by atoms with Crippen LogP contribution in [0.4, 0.5) is 0 Å². The fraction of sp³-hybridized carbons (Fsp3) is 0.647. The van der Waals surface area contributed by atoms with E-state index in [1.165, 1.54) is 25.7 Å². The molecule has 110 valence electrons. The summed E-state index contributed by atoms with van der Waals surface area (Å²) in [6.45, 7) is -0.0811.